The summed E-state index contributed by atoms with van der Waals surface area (Å²) >= 11 is 1.12. The molecule has 0 aliphatic rings. The van der Waals surface area contributed by atoms with Crippen molar-refractivity contribution in [1.82, 2.24) is 4.98 Å². The number of ether oxygens (including phenoxy) is 1. The van der Waals surface area contributed by atoms with Gasteiger partial charge in [-0.1, -0.05) is 12.1 Å². The summed E-state index contributed by atoms with van der Waals surface area (Å²) in [5.41, 5.74) is 0.937. The second-order valence-electron chi connectivity index (χ2n) is 6.04. The van der Waals surface area contributed by atoms with E-state index in [0.29, 0.717) is 16.6 Å². The van der Waals surface area contributed by atoms with Gasteiger partial charge in [-0.2, -0.15) is 0 Å². The molecule has 2 heterocycles. The van der Waals surface area contributed by atoms with Crippen LogP contribution in [0.25, 0.3) is 22.2 Å². The van der Waals surface area contributed by atoms with Crippen LogP contribution in [-0.4, -0.2) is 17.3 Å². The van der Waals surface area contributed by atoms with Crippen molar-refractivity contribution in [3.8, 4) is 17.0 Å². The van der Waals surface area contributed by atoms with Gasteiger partial charge in [0.2, 0.25) is 0 Å². The number of para-hydroxylation sites is 1. The number of hydrogen-bond donors (Lipinski definition) is 1. The lowest BCUT2D eigenvalue weighted by Gasteiger charge is -2.08. The molecular weight excluding hydrogens is 421 g/mol. The van der Waals surface area contributed by atoms with Crippen LogP contribution < -0.4 is 15.5 Å². The van der Waals surface area contributed by atoms with Crippen LogP contribution in [0.1, 0.15) is 10.6 Å². The highest BCUT2D eigenvalue weighted by Crippen LogP contribution is 2.29. The first-order valence-corrected chi connectivity index (χ1v) is 9.32. The van der Waals surface area contributed by atoms with E-state index in [1.165, 1.54) is 24.3 Å². The average molecular weight is 432 g/mol. The Hall–Kier alpha value is -3.66. The van der Waals surface area contributed by atoms with Crippen LogP contribution in [0.2, 0.25) is 0 Å². The van der Waals surface area contributed by atoms with E-state index in [4.69, 9.17) is 4.42 Å². The maximum Gasteiger partial charge on any atom is 0.573 e. The van der Waals surface area contributed by atoms with Crippen molar-refractivity contribution in [2.45, 2.75) is 6.36 Å². The molecule has 2 aromatic carbocycles. The summed E-state index contributed by atoms with van der Waals surface area (Å²) in [5.74, 6) is -1.15. The van der Waals surface area contributed by atoms with E-state index >= 15 is 0 Å². The Balaban J connectivity index is 1.51. The van der Waals surface area contributed by atoms with E-state index < -0.39 is 12.3 Å². The second kappa shape index (κ2) is 7.64. The fraction of sp³-hybridized carbons (Fsp3) is 0.0500. The number of hydrogen-bond acceptors (Lipinski definition) is 6. The molecule has 0 fully saturated rings. The molecule has 1 amide bonds. The van der Waals surface area contributed by atoms with Crippen LogP contribution >= 0.6 is 11.3 Å². The zero-order chi connectivity index (χ0) is 21.3. The third-order valence-corrected chi connectivity index (χ3v) is 4.72. The summed E-state index contributed by atoms with van der Waals surface area (Å²) in [6.07, 6.45) is -4.77. The first kappa shape index (κ1) is 19.6. The van der Waals surface area contributed by atoms with Gasteiger partial charge in [0.15, 0.2) is 16.3 Å². The molecule has 0 spiro atoms. The topological polar surface area (TPSA) is 81.4 Å². The van der Waals surface area contributed by atoms with Gasteiger partial charge < -0.3 is 9.15 Å². The van der Waals surface area contributed by atoms with E-state index in [1.54, 1.807) is 29.6 Å². The number of carbonyl (C=O) groups is 1. The molecule has 0 bridgehead atoms. The Bertz CT molecular complexity index is 1280. The highest BCUT2D eigenvalue weighted by Gasteiger charge is 2.31. The van der Waals surface area contributed by atoms with Gasteiger partial charge in [0.1, 0.15) is 11.3 Å². The van der Waals surface area contributed by atoms with E-state index in [0.717, 1.165) is 17.4 Å². The number of benzene rings is 2. The summed E-state index contributed by atoms with van der Waals surface area (Å²) in [6.45, 7) is 0. The normalized spacial score (nSPS) is 11.4. The van der Waals surface area contributed by atoms with Crippen LogP contribution in [0.4, 0.5) is 18.3 Å². The number of nitrogens with zero attached hydrogens (tertiary/aromatic N) is 1. The maximum atomic E-state index is 12.4. The monoisotopic (exact) mass is 432 g/mol. The van der Waals surface area contributed by atoms with Crippen molar-refractivity contribution in [2.75, 3.05) is 5.32 Å². The summed E-state index contributed by atoms with van der Waals surface area (Å²) in [5, 5.41) is 4.78. The summed E-state index contributed by atoms with van der Waals surface area (Å²) in [7, 11) is 0. The summed E-state index contributed by atoms with van der Waals surface area (Å²) in [6, 6.07) is 12.8. The lowest BCUT2D eigenvalue weighted by molar-refractivity contribution is -0.274. The molecule has 0 aliphatic heterocycles. The van der Waals surface area contributed by atoms with Gasteiger partial charge >= 0.3 is 6.36 Å². The largest absolute Gasteiger partial charge is 0.573 e. The molecule has 10 heteroatoms. The van der Waals surface area contributed by atoms with E-state index in [2.05, 4.69) is 15.0 Å². The number of alkyl halides is 3. The average Bonchev–Trinajstić information content (AvgIpc) is 3.16. The Labute approximate surface area is 170 Å². The zero-order valence-electron chi connectivity index (χ0n) is 14.9. The van der Waals surface area contributed by atoms with E-state index in [9.17, 15) is 22.8 Å². The van der Waals surface area contributed by atoms with Crippen molar-refractivity contribution in [1.29, 1.82) is 0 Å². The van der Waals surface area contributed by atoms with Crippen LogP contribution in [0.5, 0.6) is 5.75 Å². The van der Waals surface area contributed by atoms with Gasteiger partial charge in [0.25, 0.3) is 5.91 Å². The molecule has 0 aliphatic carbocycles. The molecule has 0 atom stereocenters. The number of aromatic nitrogens is 1. The minimum Gasteiger partial charge on any atom is -0.451 e. The number of amides is 1. The highest BCUT2D eigenvalue weighted by molar-refractivity contribution is 7.14. The van der Waals surface area contributed by atoms with Gasteiger partial charge in [0, 0.05) is 17.0 Å². The predicted molar refractivity (Wildman–Crippen MR) is 105 cm³/mol. The number of rotatable bonds is 4. The molecular formula is C20H11F3N2O4S. The molecule has 30 heavy (non-hydrogen) atoms. The third-order valence-electron chi connectivity index (χ3n) is 3.97. The summed E-state index contributed by atoms with van der Waals surface area (Å²) < 4.78 is 46.0. The Kier molecular flexibility index (Phi) is 5.00. The summed E-state index contributed by atoms with van der Waals surface area (Å²) in [4.78, 5) is 28.8. The fourth-order valence-electron chi connectivity index (χ4n) is 2.67. The highest BCUT2D eigenvalue weighted by atomic mass is 32.1. The van der Waals surface area contributed by atoms with Gasteiger partial charge in [0.05, 0.1) is 11.1 Å². The molecule has 0 unspecified atom stereocenters. The molecule has 0 radical (unpaired) electrons. The lowest BCUT2D eigenvalue weighted by atomic mass is 10.2. The number of halogens is 3. The van der Waals surface area contributed by atoms with Crippen molar-refractivity contribution < 1.29 is 27.1 Å². The van der Waals surface area contributed by atoms with E-state index in [-0.39, 0.29) is 27.7 Å². The standard InChI is InChI=1S/C20H11F3N2O4S/c21-20(22,23)29-12-7-5-11(6-8-12)14-10-30-19(24-14)25-18(27)17-9-15(26)13-3-1-2-4-16(13)28-17/h1-10H,(H,24,25,27). The minimum atomic E-state index is -4.77. The van der Waals surface area contributed by atoms with Crippen LogP contribution in [0.3, 0.4) is 0 Å². The van der Waals surface area contributed by atoms with Crippen LogP contribution in [0.15, 0.2) is 69.2 Å². The Morgan fingerprint density at radius 1 is 1.10 bits per heavy atom. The van der Waals surface area contributed by atoms with Gasteiger partial charge in [-0.05, 0) is 36.4 Å². The predicted octanol–water partition coefficient (Wildman–Crippen LogP) is 5.07. The second-order valence-corrected chi connectivity index (χ2v) is 6.89. The number of fused-ring (bicyclic) bond motifs is 1. The molecule has 0 saturated heterocycles. The zero-order valence-corrected chi connectivity index (χ0v) is 15.7. The van der Waals surface area contributed by atoms with Crippen LogP contribution in [0, 0.1) is 0 Å². The molecule has 6 nitrogen and oxygen atoms in total. The molecule has 1 N–H and O–H groups in total. The molecule has 4 rings (SSSR count). The molecule has 2 aromatic heterocycles. The fourth-order valence-corrected chi connectivity index (χ4v) is 3.38. The van der Waals surface area contributed by atoms with Crippen molar-refractivity contribution in [3.63, 3.8) is 0 Å². The van der Waals surface area contributed by atoms with Gasteiger partial charge in [-0.25, -0.2) is 4.98 Å². The first-order valence-electron chi connectivity index (χ1n) is 8.44. The minimum absolute atomic E-state index is 0.163. The number of carbonyl (C=O) groups excluding carboxylic acids is 1. The van der Waals surface area contributed by atoms with Crippen LogP contribution in [-0.2, 0) is 0 Å². The van der Waals surface area contributed by atoms with Crippen molar-refractivity contribution in [3.05, 3.63) is 76.0 Å². The van der Waals surface area contributed by atoms with Crippen molar-refractivity contribution >= 4 is 33.3 Å². The first-order chi connectivity index (χ1) is 14.3. The van der Waals surface area contributed by atoms with E-state index in [1.807, 2.05) is 0 Å². The molecule has 0 saturated carbocycles. The molecule has 4 aromatic rings. The Morgan fingerprint density at radius 2 is 1.83 bits per heavy atom. The number of thiazole rings is 1. The number of anilines is 1. The van der Waals surface area contributed by atoms with Crippen molar-refractivity contribution in [2.24, 2.45) is 0 Å². The quantitative estimate of drug-likeness (QED) is 0.487. The third kappa shape index (κ3) is 4.33. The van der Waals surface area contributed by atoms with Gasteiger partial charge in [-0.15, -0.1) is 24.5 Å². The SMILES string of the molecule is O=C(Nc1nc(-c2ccc(OC(F)(F)F)cc2)cs1)c1cc(=O)c2ccccc2o1. The molecule has 152 valence electrons. The number of nitrogens with one attached hydrogen (secondary N) is 1. The maximum absolute atomic E-state index is 12.4. The van der Waals surface area contributed by atoms with Gasteiger partial charge in [-0.3, -0.25) is 14.9 Å². The smallest absolute Gasteiger partial charge is 0.451 e. The Morgan fingerprint density at radius 3 is 2.57 bits per heavy atom. The lowest BCUT2D eigenvalue weighted by Crippen LogP contribution is -2.16.